The van der Waals surface area contributed by atoms with Gasteiger partial charge in [-0.05, 0) is 38.9 Å². The van der Waals surface area contributed by atoms with E-state index in [0.717, 1.165) is 60.7 Å². The smallest absolute Gasteiger partial charge is 0.135 e. The number of aromatic nitrogens is 5. The summed E-state index contributed by atoms with van der Waals surface area (Å²) in [7, 11) is 0. The fraction of sp³-hybridized carbons (Fsp3) is 0.368. The van der Waals surface area contributed by atoms with Crippen LogP contribution in [0.4, 0.5) is 11.6 Å². The lowest BCUT2D eigenvalue weighted by Crippen LogP contribution is -2.21. The van der Waals surface area contributed by atoms with E-state index in [4.69, 9.17) is 4.98 Å². The Balaban J connectivity index is 1.47. The number of hydrogen-bond donors (Lipinski definition) is 2. The first-order chi connectivity index (χ1) is 12.7. The number of H-pyrrole nitrogens is 1. The largest absolute Gasteiger partial charge is 0.348 e. The quantitative estimate of drug-likeness (QED) is 0.737. The van der Waals surface area contributed by atoms with Crippen LogP contribution in [0.3, 0.4) is 0 Å². The third-order valence-electron chi connectivity index (χ3n) is 4.58. The number of likely N-dealkylation sites (tertiary alicyclic amines) is 1. The maximum Gasteiger partial charge on any atom is 0.135 e. The van der Waals surface area contributed by atoms with Crippen molar-refractivity contribution in [1.82, 2.24) is 29.8 Å². The van der Waals surface area contributed by atoms with E-state index in [-0.39, 0.29) is 0 Å². The highest BCUT2D eigenvalue weighted by Crippen LogP contribution is 2.27. The van der Waals surface area contributed by atoms with E-state index in [1.807, 2.05) is 44.3 Å². The molecule has 0 spiro atoms. The molecule has 0 aliphatic carbocycles. The maximum atomic E-state index is 4.76. The number of aryl methyl sites for hydroxylation is 2. The zero-order valence-corrected chi connectivity index (χ0v) is 15.1. The van der Waals surface area contributed by atoms with E-state index in [2.05, 4.69) is 30.2 Å². The van der Waals surface area contributed by atoms with Crippen molar-refractivity contribution in [3.05, 3.63) is 59.7 Å². The number of anilines is 2. The molecule has 3 aromatic heterocycles. The summed E-state index contributed by atoms with van der Waals surface area (Å²) >= 11 is 0. The molecule has 1 atom stereocenters. The molecule has 4 rings (SSSR count). The third kappa shape index (κ3) is 3.88. The minimum Gasteiger partial charge on any atom is -0.348 e. The average Bonchev–Trinajstić information content (AvgIpc) is 3.27. The molecule has 2 N–H and O–H groups in total. The highest BCUT2D eigenvalue weighted by Gasteiger charge is 2.27. The van der Waals surface area contributed by atoms with Gasteiger partial charge in [0, 0.05) is 42.3 Å². The number of aromatic amines is 1. The van der Waals surface area contributed by atoms with E-state index in [1.54, 1.807) is 6.20 Å². The first-order valence-electron chi connectivity index (χ1n) is 8.92. The molecule has 3 aromatic rings. The molecule has 7 nitrogen and oxygen atoms in total. The molecule has 1 unspecified atom stereocenters. The van der Waals surface area contributed by atoms with Crippen LogP contribution in [0.5, 0.6) is 0 Å². The van der Waals surface area contributed by atoms with Gasteiger partial charge in [0.05, 0.1) is 6.54 Å². The number of hydrogen-bond acceptors (Lipinski definition) is 6. The van der Waals surface area contributed by atoms with Gasteiger partial charge in [-0.25, -0.2) is 19.9 Å². The Bertz CT molecular complexity index is 875. The van der Waals surface area contributed by atoms with Gasteiger partial charge in [-0.1, -0.05) is 6.07 Å². The second-order valence-electron chi connectivity index (χ2n) is 6.80. The van der Waals surface area contributed by atoms with E-state index in [9.17, 15) is 0 Å². The van der Waals surface area contributed by atoms with E-state index >= 15 is 0 Å². The Morgan fingerprint density at radius 2 is 2.08 bits per heavy atom. The van der Waals surface area contributed by atoms with Gasteiger partial charge in [-0.2, -0.15) is 0 Å². The fourth-order valence-corrected chi connectivity index (χ4v) is 3.37. The zero-order chi connectivity index (χ0) is 17.9. The van der Waals surface area contributed by atoms with Crippen molar-refractivity contribution in [1.29, 1.82) is 0 Å². The van der Waals surface area contributed by atoms with Gasteiger partial charge in [0.1, 0.15) is 23.3 Å². The van der Waals surface area contributed by atoms with Crippen LogP contribution in [-0.2, 0) is 6.54 Å². The fourth-order valence-electron chi connectivity index (χ4n) is 3.37. The Kier molecular flexibility index (Phi) is 4.62. The normalized spacial score (nSPS) is 17.5. The minimum atomic E-state index is 0.343. The molecule has 26 heavy (non-hydrogen) atoms. The Hall–Kier alpha value is -2.80. The molecule has 1 aliphatic rings. The van der Waals surface area contributed by atoms with Gasteiger partial charge in [-0.15, -0.1) is 0 Å². The highest BCUT2D eigenvalue weighted by molar-refractivity contribution is 5.52. The molecule has 7 heteroatoms. The molecule has 0 saturated carbocycles. The van der Waals surface area contributed by atoms with Crippen molar-refractivity contribution in [2.24, 2.45) is 0 Å². The van der Waals surface area contributed by atoms with Crippen molar-refractivity contribution in [2.75, 3.05) is 18.4 Å². The Morgan fingerprint density at radius 1 is 1.15 bits per heavy atom. The van der Waals surface area contributed by atoms with Gasteiger partial charge in [0.2, 0.25) is 0 Å². The molecule has 134 valence electrons. The van der Waals surface area contributed by atoms with Crippen LogP contribution in [0.15, 0.2) is 36.7 Å². The van der Waals surface area contributed by atoms with Crippen LogP contribution >= 0.6 is 0 Å². The first-order valence-corrected chi connectivity index (χ1v) is 8.92. The molecule has 0 aromatic carbocycles. The Labute approximate surface area is 152 Å². The summed E-state index contributed by atoms with van der Waals surface area (Å²) in [6.07, 6.45) is 4.72. The predicted octanol–water partition coefficient (Wildman–Crippen LogP) is 2.94. The number of nitrogens with zero attached hydrogens (tertiary/aromatic N) is 5. The lowest BCUT2D eigenvalue weighted by atomic mass is 10.1. The number of imidazole rings is 1. The number of rotatable bonds is 5. The summed E-state index contributed by atoms with van der Waals surface area (Å²) in [5, 5.41) is 3.31. The van der Waals surface area contributed by atoms with Crippen molar-refractivity contribution in [3.63, 3.8) is 0 Å². The summed E-state index contributed by atoms with van der Waals surface area (Å²) in [4.78, 5) is 23.8. The third-order valence-corrected chi connectivity index (χ3v) is 4.58. The van der Waals surface area contributed by atoms with Crippen molar-refractivity contribution >= 4 is 11.6 Å². The van der Waals surface area contributed by atoms with Crippen molar-refractivity contribution in [3.8, 4) is 0 Å². The van der Waals surface area contributed by atoms with Gasteiger partial charge in [0.25, 0.3) is 0 Å². The van der Waals surface area contributed by atoms with Gasteiger partial charge < -0.3 is 10.3 Å². The number of nitrogens with one attached hydrogen (secondary N) is 2. The zero-order valence-electron chi connectivity index (χ0n) is 15.1. The second kappa shape index (κ2) is 7.21. The topological polar surface area (TPSA) is 82.6 Å². The van der Waals surface area contributed by atoms with Crippen LogP contribution in [-0.4, -0.2) is 42.9 Å². The monoisotopic (exact) mass is 349 g/mol. The summed E-state index contributed by atoms with van der Waals surface area (Å²) in [6.45, 7) is 6.81. The average molecular weight is 349 g/mol. The van der Waals surface area contributed by atoms with Crippen LogP contribution in [0, 0.1) is 13.8 Å². The van der Waals surface area contributed by atoms with Crippen molar-refractivity contribution < 1.29 is 0 Å². The predicted molar refractivity (Wildman–Crippen MR) is 100 cm³/mol. The highest BCUT2D eigenvalue weighted by atomic mass is 15.2. The summed E-state index contributed by atoms with van der Waals surface area (Å²) in [6, 6.07) is 7.88. The van der Waals surface area contributed by atoms with E-state index in [0.29, 0.717) is 5.92 Å². The Morgan fingerprint density at radius 3 is 2.88 bits per heavy atom. The van der Waals surface area contributed by atoms with Gasteiger partial charge in [0.15, 0.2) is 0 Å². The molecule has 0 amide bonds. The molecule has 0 radical (unpaired) electrons. The second-order valence-corrected chi connectivity index (χ2v) is 6.80. The SMILES string of the molecule is Cc1cccc(Nc2cc(C)nc(C3CCN(Cc4ncc[nH]4)C3)n2)n1. The van der Waals surface area contributed by atoms with Gasteiger partial charge >= 0.3 is 0 Å². The van der Waals surface area contributed by atoms with Crippen LogP contribution in [0.25, 0.3) is 0 Å². The van der Waals surface area contributed by atoms with Crippen LogP contribution < -0.4 is 5.32 Å². The number of pyridine rings is 1. The standard InChI is InChI=1S/C19H23N7/c1-13-4-3-5-16(22-13)24-17-10-14(2)23-19(25-17)15-6-9-26(11-15)12-18-20-7-8-21-18/h3-5,7-8,10,15H,6,9,11-12H2,1-2H3,(H,20,21)(H,22,23,24,25). The van der Waals surface area contributed by atoms with E-state index in [1.165, 1.54) is 0 Å². The molecule has 1 aliphatic heterocycles. The van der Waals surface area contributed by atoms with Crippen molar-refractivity contribution in [2.45, 2.75) is 32.7 Å². The van der Waals surface area contributed by atoms with Crippen LogP contribution in [0.1, 0.15) is 35.4 Å². The van der Waals surface area contributed by atoms with E-state index < -0.39 is 0 Å². The molecule has 0 bridgehead atoms. The summed E-state index contributed by atoms with van der Waals surface area (Å²) in [5.74, 6) is 3.86. The molecule has 1 fully saturated rings. The summed E-state index contributed by atoms with van der Waals surface area (Å²) in [5.41, 5.74) is 1.94. The van der Waals surface area contributed by atoms with Crippen LogP contribution in [0.2, 0.25) is 0 Å². The maximum absolute atomic E-state index is 4.76. The molecular weight excluding hydrogens is 326 g/mol. The molecular formula is C19H23N7. The lowest BCUT2D eigenvalue weighted by Gasteiger charge is -2.15. The minimum absolute atomic E-state index is 0.343. The lowest BCUT2D eigenvalue weighted by molar-refractivity contribution is 0.318. The first kappa shape index (κ1) is 16.7. The van der Waals surface area contributed by atoms with Gasteiger partial charge in [-0.3, -0.25) is 4.90 Å². The summed E-state index contributed by atoms with van der Waals surface area (Å²) < 4.78 is 0. The molecule has 4 heterocycles. The molecule has 1 saturated heterocycles.